The maximum Gasteiger partial charge on any atom is 0.0461 e. The molecule has 1 heteroatoms. The Kier molecular flexibility index (Phi) is 2.23. The van der Waals surface area contributed by atoms with Crippen LogP contribution in [-0.2, 0) is 0 Å². The van der Waals surface area contributed by atoms with E-state index in [1.165, 1.54) is 16.5 Å². The van der Waals surface area contributed by atoms with Crippen molar-refractivity contribution in [3.05, 3.63) is 54.3 Å². The Bertz CT molecular complexity index is 489. The van der Waals surface area contributed by atoms with Gasteiger partial charge in [0.05, 0.1) is 0 Å². The van der Waals surface area contributed by atoms with Crippen molar-refractivity contribution in [3.63, 3.8) is 0 Å². The van der Waals surface area contributed by atoms with Gasteiger partial charge in [-0.15, -0.1) is 0 Å². The van der Waals surface area contributed by atoms with Gasteiger partial charge in [-0.25, -0.2) is 0 Å². The van der Waals surface area contributed by atoms with Crippen LogP contribution in [0, 0.1) is 6.92 Å². The predicted molar refractivity (Wildman–Crippen MR) is 62.3 cm³/mol. The van der Waals surface area contributed by atoms with E-state index in [4.69, 9.17) is 0 Å². The van der Waals surface area contributed by atoms with E-state index >= 15 is 0 Å². The third kappa shape index (κ3) is 1.37. The molecule has 1 aromatic heterocycles. The van der Waals surface area contributed by atoms with Gasteiger partial charge in [0.25, 0.3) is 0 Å². The highest BCUT2D eigenvalue weighted by Crippen LogP contribution is 2.21. The van der Waals surface area contributed by atoms with Crippen molar-refractivity contribution < 1.29 is 0 Å². The molecule has 2 rings (SSSR count). The first-order valence-corrected chi connectivity index (χ1v) is 4.69. The zero-order valence-corrected chi connectivity index (χ0v) is 8.25. The minimum Gasteiger partial charge on any atom is -0.355 e. The number of para-hydroxylation sites is 1. The van der Waals surface area contributed by atoms with Gasteiger partial charge in [-0.05, 0) is 24.6 Å². The van der Waals surface area contributed by atoms with Crippen molar-refractivity contribution in [2.75, 3.05) is 0 Å². The van der Waals surface area contributed by atoms with E-state index in [2.05, 4.69) is 36.7 Å². The molecule has 2 aromatic rings. The Balaban J connectivity index is 2.62. The van der Waals surface area contributed by atoms with E-state index in [0.717, 1.165) is 5.69 Å². The first kappa shape index (κ1) is 8.82. The van der Waals surface area contributed by atoms with Gasteiger partial charge in [0, 0.05) is 16.6 Å². The lowest BCUT2D eigenvalue weighted by Gasteiger charge is -1.89. The molecule has 1 N–H and O–H groups in total. The van der Waals surface area contributed by atoms with Crippen molar-refractivity contribution in [1.82, 2.24) is 4.98 Å². The summed E-state index contributed by atoms with van der Waals surface area (Å²) in [4.78, 5) is 3.36. The number of hydrogen-bond donors (Lipinski definition) is 1. The van der Waals surface area contributed by atoms with Gasteiger partial charge < -0.3 is 4.98 Å². The summed E-state index contributed by atoms with van der Waals surface area (Å²) >= 11 is 0. The van der Waals surface area contributed by atoms with Crippen LogP contribution in [-0.4, -0.2) is 4.98 Å². The van der Waals surface area contributed by atoms with Crippen molar-refractivity contribution >= 4 is 17.0 Å². The Labute approximate surface area is 83.8 Å². The van der Waals surface area contributed by atoms with Crippen LogP contribution < -0.4 is 0 Å². The number of allylic oxidation sites excluding steroid dienone is 2. The van der Waals surface area contributed by atoms with Crippen molar-refractivity contribution in [2.45, 2.75) is 6.92 Å². The molecule has 14 heavy (non-hydrogen) atoms. The second kappa shape index (κ2) is 3.54. The summed E-state index contributed by atoms with van der Waals surface area (Å²) in [6.45, 7) is 5.79. The van der Waals surface area contributed by atoms with Gasteiger partial charge in [0.2, 0.25) is 0 Å². The Morgan fingerprint density at radius 2 is 2.07 bits per heavy atom. The van der Waals surface area contributed by atoms with Crippen LogP contribution in [0.25, 0.3) is 17.0 Å². The number of nitrogens with one attached hydrogen (secondary N) is 1. The number of aryl methyl sites for hydroxylation is 1. The van der Waals surface area contributed by atoms with Crippen LogP contribution in [0.15, 0.2) is 43.0 Å². The number of rotatable bonds is 2. The number of H-pyrrole nitrogens is 1. The van der Waals surface area contributed by atoms with E-state index in [-0.39, 0.29) is 0 Å². The summed E-state index contributed by atoms with van der Waals surface area (Å²) in [5, 5.41) is 1.29. The Morgan fingerprint density at radius 3 is 2.79 bits per heavy atom. The molecule has 0 saturated heterocycles. The van der Waals surface area contributed by atoms with Gasteiger partial charge in [-0.1, -0.05) is 36.9 Å². The number of fused-ring (bicyclic) bond motifs is 1. The van der Waals surface area contributed by atoms with Crippen molar-refractivity contribution in [2.24, 2.45) is 0 Å². The Hall–Kier alpha value is -1.76. The average molecular weight is 183 g/mol. The smallest absolute Gasteiger partial charge is 0.0461 e. The fraction of sp³-hybridized carbons (Fsp3) is 0.0769. The summed E-state index contributed by atoms with van der Waals surface area (Å²) in [7, 11) is 0. The summed E-state index contributed by atoms with van der Waals surface area (Å²) in [5.74, 6) is 0. The lowest BCUT2D eigenvalue weighted by Crippen LogP contribution is -1.73. The minimum absolute atomic E-state index is 1.16. The van der Waals surface area contributed by atoms with Crippen LogP contribution >= 0.6 is 0 Å². The van der Waals surface area contributed by atoms with Crippen molar-refractivity contribution in [3.8, 4) is 0 Å². The van der Waals surface area contributed by atoms with Crippen LogP contribution in [0.4, 0.5) is 0 Å². The summed E-state index contributed by atoms with van der Waals surface area (Å²) in [6, 6.07) is 8.32. The van der Waals surface area contributed by atoms with Gasteiger partial charge >= 0.3 is 0 Å². The van der Waals surface area contributed by atoms with Crippen molar-refractivity contribution in [1.29, 1.82) is 0 Å². The number of aromatic amines is 1. The Morgan fingerprint density at radius 1 is 1.29 bits per heavy atom. The first-order chi connectivity index (χ1) is 6.83. The third-order valence-electron chi connectivity index (χ3n) is 2.40. The molecule has 0 bridgehead atoms. The normalized spacial score (nSPS) is 11.2. The molecule has 0 fully saturated rings. The predicted octanol–water partition coefficient (Wildman–Crippen LogP) is 3.68. The average Bonchev–Trinajstić information content (AvgIpc) is 2.54. The summed E-state index contributed by atoms with van der Waals surface area (Å²) in [5.41, 5.74) is 3.64. The monoisotopic (exact) mass is 183 g/mol. The largest absolute Gasteiger partial charge is 0.355 e. The first-order valence-electron chi connectivity index (χ1n) is 4.69. The molecule has 1 aromatic carbocycles. The topological polar surface area (TPSA) is 15.8 Å². The molecule has 0 radical (unpaired) electrons. The quantitative estimate of drug-likeness (QED) is 0.684. The fourth-order valence-corrected chi connectivity index (χ4v) is 1.63. The molecule has 1 nitrogen and oxygen atoms in total. The fourth-order valence-electron chi connectivity index (χ4n) is 1.63. The minimum atomic E-state index is 1.16. The second-order valence-electron chi connectivity index (χ2n) is 3.30. The van der Waals surface area contributed by atoms with Crippen LogP contribution in [0.3, 0.4) is 0 Å². The molecular weight excluding hydrogens is 170 g/mol. The number of hydrogen-bond acceptors (Lipinski definition) is 0. The maximum atomic E-state index is 3.66. The molecule has 0 aliphatic carbocycles. The zero-order valence-electron chi connectivity index (χ0n) is 8.25. The lowest BCUT2D eigenvalue weighted by molar-refractivity contribution is 1.38. The van der Waals surface area contributed by atoms with E-state index in [1.807, 2.05) is 18.2 Å². The molecule has 1 heterocycles. The molecule has 0 aliphatic heterocycles. The molecule has 0 spiro atoms. The molecule has 0 saturated carbocycles. The second-order valence-corrected chi connectivity index (χ2v) is 3.30. The van der Waals surface area contributed by atoms with E-state index in [0.29, 0.717) is 0 Å². The molecule has 0 amide bonds. The molecular formula is C13H13N. The summed E-state index contributed by atoms with van der Waals surface area (Å²) < 4.78 is 0. The highest BCUT2D eigenvalue weighted by molar-refractivity contribution is 5.86. The molecule has 0 aliphatic rings. The SMILES string of the molecule is C=C/C=C\c1[nH]c2ccccc2c1C. The molecule has 0 unspecified atom stereocenters. The van der Waals surface area contributed by atoms with Crippen LogP contribution in [0.2, 0.25) is 0 Å². The molecule has 0 atom stereocenters. The van der Waals surface area contributed by atoms with Gasteiger partial charge in [-0.2, -0.15) is 0 Å². The van der Waals surface area contributed by atoms with E-state index in [9.17, 15) is 0 Å². The summed E-state index contributed by atoms with van der Waals surface area (Å²) in [6.07, 6.45) is 5.77. The van der Waals surface area contributed by atoms with Gasteiger partial charge in [0.1, 0.15) is 0 Å². The van der Waals surface area contributed by atoms with E-state index < -0.39 is 0 Å². The highest BCUT2D eigenvalue weighted by atomic mass is 14.7. The molecule has 70 valence electrons. The number of aromatic nitrogens is 1. The highest BCUT2D eigenvalue weighted by Gasteiger charge is 2.02. The van der Waals surface area contributed by atoms with Gasteiger partial charge in [-0.3, -0.25) is 0 Å². The zero-order chi connectivity index (χ0) is 9.97. The lowest BCUT2D eigenvalue weighted by atomic mass is 10.1. The van der Waals surface area contributed by atoms with Crippen LogP contribution in [0.1, 0.15) is 11.3 Å². The van der Waals surface area contributed by atoms with Crippen LogP contribution in [0.5, 0.6) is 0 Å². The maximum absolute atomic E-state index is 3.66. The van der Waals surface area contributed by atoms with Gasteiger partial charge in [0.15, 0.2) is 0 Å². The van der Waals surface area contributed by atoms with E-state index in [1.54, 1.807) is 6.08 Å². The third-order valence-corrected chi connectivity index (χ3v) is 2.40. The standard InChI is InChI=1S/C13H13N/c1-3-4-8-12-10(2)11-7-5-6-9-13(11)14-12/h3-9,14H,1H2,2H3/b8-4-. The number of benzene rings is 1.